The molecule has 0 unspecified atom stereocenters. The standard InChI is InChI=1S/C22H23Cl2N3O2S/c1-30(28,29)12-2-9-27-21(14-17-13-19(24)5-8-22(17)27)15-25-10-11-26(16-25)20-6-3-18(23)4-7-20/h3-8,10-11,13-14H,2,9,12,15-16H2,1H3. The number of hydrogen-bond acceptors (Lipinski definition) is 4. The maximum Gasteiger partial charge on any atom is 0.147 e. The topological polar surface area (TPSA) is 45.6 Å². The highest BCUT2D eigenvalue weighted by Crippen LogP contribution is 2.27. The SMILES string of the molecule is CS(=O)(=O)CCCn1c(CN2C=CN(c3ccc(Cl)cc3)C2)cc2cc(Cl)ccc21. The Morgan fingerprint density at radius 2 is 1.70 bits per heavy atom. The van der Waals surface area contributed by atoms with Crippen LogP contribution in [-0.2, 0) is 22.9 Å². The van der Waals surface area contributed by atoms with Gasteiger partial charge in [0.15, 0.2) is 0 Å². The Kier molecular flexibility index (Phi) is 6.00. The third-order valence-electron chi connectivity index (χ3n) is 5.16. The van der Waals surface area contributed by atoms with E-state index in [1.807, 2.05) is 42.5 Å². The maximum atomic E-state index is 11.6. The molecule has 0 fully saturated rings. The molecule has 0 saturated carbocycles. The summed E-state index contributed by atoms with van der Waals surface area (Å²) in [7, 11) is -2.99. The van der Waals surface area contributed by atoms with E-state index >= 15 is 0 Å². The first kappa shape index (κ1) is 21.1. The first-order valence-electron chi connectivity index (χ1n) is 9.68. The molecule has 0 amide bonds. The van der Waals surface area contributed by atoms with E-state index in [1.54, 1.807) is 0 Å². The molecule has 0 N–H and O–H groups in total. The van der Waals surface area contributed by atoms with Gasteiger partial charge in [-0.25, -0.2) is 8.42 Å². The van der Waals surface area contributed by atoms with Crippen molar-refractivity contribution in [1.29, 1.82) is 0 Å². The van der Waals surface area contributed by atoms with Gasteiger partial charge in [0, 0.05) is 57.5 Å². The van der Waals surface area contributed by atoms with Crippen molar-refractivity contribution >= 4 is 49.6 Å². The van der Waals surface area contributed by atoms with Crippen molar-refractivity contribution in [2.75, 3.05) is 23.6 Å². The molecule has 3 aromatic rings. The summed E-state index contributed by atoms with van der Waals surface area (Å²) in [5.74, 6) is 0.174. The minimum atomic E-state index is -2.99. The van der Waals surface area contributed by atoms with Gasteiger partial charge in [-0.1, -0.05) is 23.2 Å². The number of aryl methyl sites for hydroxylation is 1. The zero-order valence-corrected chi connectivity index (χ0v) is 19.0. The minimum absolute atomic E-state index is 0.174. The Morgan fingerprint density at radius 1 is 0.967 bits per heavy atom. The quantitative estimate of drug-likeness (QED) is 0.486. The Morgan fingerprint density at radius 3 is 2.43 bits per heavy atom. The first-order chi connectivity index (χ1) is 14.3. The van der Waals surface area contributed by atoms with Crippen molar-refractivity contribution in [1.82, 2.24) is 9.47 Å². The summed E-state index contributed by atoms with van der Waals surface area (Å²) in [6, 6.07) is 15.7. The smallest absolute Gasteiger partial charge is 0.147 e. The molecule has 2 heterocycles. The van der Waals surface area contributed by atoms with Crippen LogP contribution in [0.15, 0.2) is 60.9 Å². The van der Waals surface area contributed by atoms with Crippen molar-refractivity contribution in [3.63, 3.8) is 0 Å². The van der Waals surface area contributed by atoms with E-state index in [2.05, 4.69) is 32.8 Å². The van der Waals surface area contributed by atoms with Crippen molar-refractivity contribution in [2.45, 2.75) is 19.5 Å². The number of nitrogens with zero attached hydrogens (tertiary/aromatic N) is 3. The number of benzene rings is 2. The van der Waals surface area contributed by atoms with E-state index in [9.17, 15) is 8.42 Å². The Labute approximate surface area is 187 Å². The normalized spacial score (nSPS) is 14.2. The molecular formula is C22H23Cl2N3O2S. The number of halogens is 2. The Bertz CT molecular complexity index is 1190. The fourth-order valence-corrected chi connectivity index (χ4v) is 4.71. The van der Waals surface area contributed by atoms with Gasteiger partial charge in [0.25, 0.3) is 0 Å². The third kappa shape index (κ3) is 4.94. The van der Waals surface area contributed by atoms with Gasteiger partial charge in [0.05, 0.1) is 19.0 Å². The van der Waals surface area contributed by atoms with E-state index in [0.717, 1.165) is 34.0 Å². The van der Waals surface area contributed by atoms with Crippen LogP contribution in [0.5, 0.6) is 0 Å². The van der Waals surface area contributed by atoms with Crippen LogP contribution >= 0.6 is 23.2 Å². The maximum absolute atomic E-state index is 11.6. The second-order valence-electron chi connectivity index (χ2n) is 7.61. The number of sulfone groups is 1. The Balaban J connectivity index is 1.53. The van der Waals surface area contributed by atoms with Gasteiger partial charge < -0.3 is 14.4 Å². The van der Waals surface area contributed by atoms with Gasteiger partial charge in [-0.3, -0.25) is 0 Å². The molecule has 158 valence electrons. The van der Waals surface area contributed by atoms with E-state index < -0.39 is 9.84 Å². The molecule has 4 rings (SSSR count). The third-order valence-corrected chi connectivity index (χ3v) is 6.68. The van der Waals surface area contributed by atoms with E-state index in [-0.39, 0.29) is 5.75 Å². The number of rotatable bonds is 7. The van der Waals surface area contributed by atoms with Gasteiger partial charge in [-0.15, -0.1) is 0 Å². The molecule has 0 atom stereocenters. The zero-order chi connectivity index (χ0) is 21.3. The summed E-state index contributed by atoms with van der Waals surface area (Å²) in [6.07, 6.45) is 5.98. The number of aromatic nitrogens is 1. The van der Waals surface area contributed by atoms with Crippen LogP contribution < -0.4 is 4.90 Å². The molecule has 0 spiro atoms. The zero-order valence-electron chi connectivity index (χ0n) is 16.6. The summed E-state index contributed by atoms with van der Waals surface area (Å²) in [5, 5.41) is 2.47. The second-order valence-corrected chi connectivity index (χ2v) is 10.7. The lowest BCUT2D eigenvalue weighted by Gasteiger charge is -2.22. The molecule has 2 aromatic carbocycles. The molecule has 5 nitrogen and oxygen atoms in total. The van der Waals surface area contributed by atoms with Crippen LogP contribution in [0.1, 0.15) is 12.1 Å². The average Bonchev–Trinajstić information content (AvgIpc) is 3.26. The van der Waals surface area contributed by atoms with Crippen molar-refractivity contribution in [3.8, 4) is 0 Å². The molecule has 0 saturated heterocycles. The van der Waals surface area contributed by atoms with Crippen LogP contribution in [0.25, 0.3) is 10.9 Å². The molecule has 0 radical (unpaired) electrons. The summed E-state index contributed by atoms with van der Waals surface area (Å²) >= 11 is 12.2. The molecule has 1 aliphatic heterocycles. The molecule has 30 heavy (non-hydrogen) atoms. The molecule has 8 heteroatoms. The highest BCUT2D eigenvalue weighted by Gasteiger charge is 2.17. The lowest BCUT2D eigenvalue weighted by atomic mass is 10.2. The number of anilines is 1. The molecule has 1 aromatic heterocycles. The van der Waals surface area contributed by atoms with Gasteiger partial charge >= 0.3 is 0 Å². The molecule has 0 aliphatic carbocycles. The molecular weight excluding hydrogens is 441 g/mol. The monoisotopic (exact) mass is 463 g/mol. The van der Waals surface area contributed by atoms with Crippen molar-refractivity contribution in [2.24, 2.45) is 0 Å². The fraction of sp³-hybridized carbons (Fsp3) is 0.273. The van der Waals surface area contributed by atoms with Gasteiger partial charge in [0.1, 0.15) is 9.84 Å². The second kappa shape index (κ2) is 8.53. The summed E-state index contributed by atoms with van der Waals surface area (Å²) in [6.45, 7) is 2.09. The van der Waals surface area contributed by atoms with Crippen LogP contribution in [0.4, 0.5) is 5.69 Å². The largest absolute Gasteiger partial charge is 0.352 e. The predicted octanol–water partition coefficient (Wildman–Crippen LogP) is 5.13. The van der Waals surface area contributed by atoms with E-state index in [4.69, 9.17) is 23.2 Å². The van der Waals surface area contributed by atoms with E-state index in [1.165, 1.54) is 6.26 Å². The van der Waals surface area contributed by atoms with E-state index in [0.29, 0.717) is 24.5 Å². The predicted molar refractivity (Wildman–Crippen MR) is 125 cm³/mol. The van der Waals surface area contributed by atoms with Gasteiger partial charge in [-0.2, -0.15) is 0 Å². The summed E-state index contributed by atoms with van der Waals surface area (Å²) in [4.78, 5) is 4.38. The summed E-state index contributed by atoms with van der Waals surface area (Å²) in [5.41, 5.74) is 3.28. The molecule has 1 aliphatic rings. The van der Waals surface area contributed by atoms with Crippen LogP contribution in [-0.4, -0.2) is 36.6 Å². The number of hydrogen-bond donors (Lipinski definition) is 0. The van der Waals surface area contributed by atoms with Crippen LogP contribution in [0, 0.1) is 0 Å². The molecule has 0 bridgehead atoms. The van der Waals surface area contributed by atoms with Gasteiger partial charge in [-0.05, 0) is 55.0 Å². The van der Waals surface area contributed by atoms with Crippen molar-refractivity contribution in [3.05, 3.63) is 76.7 Å². The highest BCUT2D eigenvalue weighted by molar-refractivity contribution is 7.90. The number of fused-ring (bicyclic) bond motifs is 1. The average molecular weight is 464 g/mol. The fourth-order valence-electron chi connectivity index (χ4n) is 3.75. The lowest BCUT2D eigenvalue weighted by molar-refractivity contribution is 0.386. The van der Waals surface area contributed by atoms with Crippen molar-refractivity contribution < 1.29 is 8.42 Å². The minimum Gasteiger partial charge on any atom is -0.352 e. The Hall–Kier alpha value is -2.15. The summed E-state index contributed by atoms with van der Waals surface area (Å²) < 4.78 is 25.3. The first-order valence-corrected chi connectivity index (χ1v) is 12.5. The van der Waals surface area contributed by atoms with Gasteiger partial charge in [0.2, 0.25) is 0 Å². The highest BCUT2D eigenvalue weighted by atomic mass is 35.5. The van der Waals surface area contributed by atoms with Crippen LogP contribution in [0.3, 0.4) is 0 Å². The lowest BCUT2D eigenvalue weighted by Crippen LogP contribution is -2.25. The van der Waals surface area contributed by atoms with Crippen LogP contribution in [0.2, 0.25) is 10.0 Å².